The summed E-state index contributed by atoms with van der Waals surface area (Å²) in [7, 11) is 0. The Hall–Kier alpha value is -8.94. The molecule has 0 bridgehead atoms. The normalized spacial score (nSPS) is 12.0. The van der Waals surface area contributed by atoms with Crippen molar-refractivity contribution in [3.05, 3.63) is 194 Å². The van der Waals surface area contributed by atoms with Gasteiger partial charge in [0, 0.05) is 76.3 Å². The lowest BCUT2D eigenvalue weighted by atomic mass is 9.91. The third kappa shape index (κ3) is 5.42. The number of para-hydroxylation sites is 4. The second-order valence-corrected chi connectivity index (χ2v) is 16.4. The smallest absolute Gasteiger partial charge is 0.164 e. The van der Waals surface area contributed by atoms with Crippen LogP contribution in [-0.2, 0) is 0 Å². The van der Waals surface area contributed by atoms with Gasteiger partial charge in [-0.1, -0.05) is 152 Å². The molecular weight excluding hydrogens is 801 g/mol. The molecule has 302 valence electrons. The molecule has 0 amide bonds. The molecule has 0 N–H and O–H groups in total. The molecule has 0 unspecified atom stereocenters. The van der Waals surface area contributed by atoms with Gasteiger partial charge in [-0.25, -0.2) is 19.9 Å². The molecule has 14 rings (SSSR count). The van der Waals surface area contributed by atoms with Crippen LogP contribution in [0.3, 0.4) is 0 Å². The van der Waals surface area contributed by atoms with Crippen LogP contribution in [0.4, 0.5) is 0 Å². The highest BCUT2D eigenvalue weighted by atomic mass is 16.3. The van der Waals surface area contributed by atoms with Crippen molar-refractivity contribution in [2.75, 3.05) is 0 Å². The van der Waals surface area contributed by atoms with Crippen LogP contribution in [0.1, 0.15) is 0 Å². The number of nitrogens with zero attached hydrogens (tertiary/aromatic N) is 4. The number of pyridine rings is 1. The minimum Gasteiger partial charge on any atom is -0.456 e. The molecular formula is C58H32N4O3. The van der Waals surface area contributed by atoms with Crippen LogP contribution in [0.15, 0.2) is 207 Å². The Morgan fingerprint density at radius 1 is 0.277 bits per heavy atom. The number of benzene rings is 9. The van der Waals surface area contributed by atoms with Gasteiger partial charge in [-0.2, -0.15) is 0 Å². The summed E-state index contributed by atoms with van der Waals surface area (Å²) < 4.78 is 19.5. The van der Waals surface area contributed by atoms with E-state index in [2.05, 4.69) is 115 Å². The molecule has 0 radical (unpaired) electrons. The summed E-state index contributed by atoms with van der Waals surface area (Å²) >= 11 is 0. The molecule has 14 aromatic rings. The van der Waals surface area contributed by atoms with Gasteiger partial charge in [-0.3, -0.25) is 0 Å². The van der Waals surface area contributed by atoms with Crippen LogP contribution >= 0.6 is 0 Å². The van der Waals surface area contributed by atoms with Gasteiger partial charge in [-0.15, -0.1) is 0 Å². The zero-order chi connectivity index (χ0) is 42.6. The average Bonchev–Trinajstić information content (AvgIpc) is 4.08. The predicted molar refractivity (Wildman–Crippen MR) is 262 cm³/mol. The minimum absolute atomic E-state index is 0.542. The largest absolute Gasteiger partial charge is 0.456 e. The van der Waals surface area contributed by atoms with Crippen LogP contribution in [0, 0.1) is 0 Å². The van der Waals surface area contributed by atoms with Crippen molar-refractivity contribution in [3.8, 4) is 56.5 Å². The Morgan fingerprint density at radius 2 is 0.769 bits per heavy atom. The number of aromatic nitrogens is 4. The highest BCUT2D eigenvalue weighted by Gasteiger charge is 2.23. The molecule has 0 saturated heterocycles. The monoisotopic (exact) mass is 832 g/mol. The Bertz CT molecular complexity index is 4110. The summed E-state index contributed by atoms with van der Waals surface area (Å²) in [6.45, 7) is 0. The lowest BCUT2D eigenvalue weighted by Crippen LogP contribution is -2.00. The fraction of sp³-hybridized carbons (Fsp3) is 0. The fourth-order valence-corrected chi connectivity index (χ4v) is 9.83. The maximum Gasteiger partial charge on any atom is 0.164 e. The van der Waals surface area contributed by atoms with E-state index >= 15 is 0 Å². The quantitative estimate of drug-likeness (QED) is 0.160. The topological polar surface area (TPSA) is 91.0 Å². The van der Waals surface area contributed by atoms with Crippen molar-refractivity contribution in [1.29, 1.82) is 0 Å². The van der Waals surface area contributed by atoms with Crippen molar-refractivity contribution in [2.24, 2.45) is 0 Å². The average molecular weight is 833 g/mol. The summed E-state index contributed by atoms with van der Waals surface area (Å²) in [5.74, 6) is 1.63. The van der Waals surface area contributed by atoms with Gasteiger partial charge in [0.15, 0.2) is 17.5 Å². The first-order valence-electron chi connectivity index (χ1n) is 21.6. The highest BCUT2D eigenvalue weighted by molar-refractivity contribution is 6.30. The Morgan fingerprint density at radius 3 is 1.40 bits per heavy atom. The number of furan rings is 3. The molecule has 0 spiro atoms. The number of rotatable bonds is 5. The van der Waals surface area contributed by atoms with Gasteiger partial charge in [0.25, 0.3) is 0 Å². The van der Waals surface area contributed by atoms with Gasteiger partial charge >= 0.3 is 0 Å². The van der Waals surface area contributed by atoms with Crippen LogP contribution in [0.25, 0.3) is 144 Å². The molecule has 0 aliphatic carbocycles. The first-order chi connectivity index (χ1) is 32.2. The second kappa shape index (κ2) is 13.8. The predicted octanol–water partition coefficient (Wildman–Crippen LogP) is 15.6. The van der Waals surface area contributed by atoms with Gasteiger partial charge in [0.05, 0.1) is 11.2 Å². The Kier molecular flexibility index (Phi) is 7.55. The van der Waals surface area contributed by atoms with E-state index in [1.165, 1.54) is 0 Å². The van der Waals surface area contributed by atoms with Crippen molar-refractivity contribution >= 4 is 87.5 Å². The van der Waals surface area contributed by atoms with E-state index in [0.29, 0.717) is 17.5 Å². The zero-order valence-corrected chi connectivity index (χ0v) is 34.5. The van der Waals surface area contributed by atoms with E-state index in [1.807, 2.05) is 78.9 Å². The second-order valence-electron chi connectivity index (χ2n) is 16.4. The standard InChI is InChI=1S/C58H32N4O3/c1-2-14-34(15-3-1)54-43-32-42(55-53(39-19-7-11-25-47(39)65-55)52(43)36-16-4-8-22-44(36)59-54)33-28-30-35(31-29-33)56-60-57(40-20-12-26-48-50(40)37-17-5-9-23-45(37)63-48)62-58(61-56)41-21-13-27-49-51(41)38-18-6-10-24-46(38)64-49/h1-32H. The van der Waals surface area contributed by atoms with Gasteiger partial charge in [-0.05, 0) is 48.0 Å². The van der Waals surface area contributed by atoms with E-state index in [0.717, 1.165) is 127 Å². The molecule has 0 aliphatic rings. The van der Waals surface area contributed by atoms with E-state index in [-0.39, 0.29) is 0 Å². The molecule has 0 atom stereocenters. The lowest BCUT2D eigenvalue weighted by Gasteiger charge is -2.14. The number of fused-ring (bicyclic) bond motifs is 13. The zero-order valence-electron chi connectivity index (χ0n) is 34.5. The van der Waals surface area contributed by atoms with Crippen LogP contribution < -0.4 is 0 Å². The van der Waals surface area contributed by atoms with Crippen molar-refractivity contribution in [2.45, 2.75) is 0 Å². The van der Waals surface area contributed by atoms with E-state index in [1.54, 1.807) is 0 Å². The summed E-state index contributed by atoms with van der Waals surface area (Å²) in [5.41, 5.74) is 12.2. The first kappa shape index (κ1) is 35.6. The van der Waals surface area contributed by atoms with E-state index in [9.17, 15) is 0 Å². The van der Waals surface area contributed by atoms with Crippen molar-refractivity contribution in [1.82, 2.24) is 19.9 Å². The molecule has 7 heteroatoms. The van der Waals surface area contributed by atoms with Crippen LogP contribution in [0.2, 0.25) is 0 Å². The van der Waals surface area contributed by atoms with Gasteiger partial charge in [0.2, 0.25) is 0 Å². The van der Waals surface area contributed by atoms with Gasteiger partial charge in [0.1, 0.15) is 33.5 Å². The summed E-state index contributed by atoms with van der Waals surface area (Å²) in [4.78, 5) is 21.0. The molecule has 9 aromatic carbocycles. The summed E-state index contributed by atoms with van der Waals surface area (Å²) in [5, 5.41) is 9.31. The van der Waals surface area contributed by atoms with Crippen molar-refractivity contribution < 1.29 is 13.3 Å². The summed E-state index contributed by atoms with van der Waals surface area (Å²) in [6.07, 6.45) is 0. The van der Waals surface area contributed by atoms with E-state index < -0.39 is 0 Å². The third-order valence-electron chi connectivity index (χ3n) is 12.7. The third-order valence-corrected chi connectivity index (χ3v) is 12.7. The fourth-order valence-electron chi connectivity index (χ4n) is 9.83. The molecule has 5 heterocycles. The summed E-state index contributed by atoms with van der Waals surface area (Å²) in [6, 6.07) is 66.1. The maximum atomic E-state index is 6.83. The lowest BCUT2D eigenvalue weighted by molar-refractivity contribution is 0.668. The number of hydrogen-bond donors (Lipinski definition) is 0. The van der Waals surface area contributed by atoms with Crippen LogP contribution in [-0.4, -0.2) is 19.9 Å². The molecule has 5 aromatic heterocycles. The molecule has 0 aliphatic heterocycles. The van der Waals surface area contributed by atoms with Crippen LogP contribution in [0.5, 0.6) is 0 Å². The number of hydrogen-bond acceptors (Lipinski definition) is 7. The van der Waals surface area contributed by atoms with Crippen molar-refractivity contribution in [3.63, 3.8) is 0 Å². The molecule has 0 fully saturated rings. The molecule has 65 heavy (non-hydrogen) atoms. The first-order valence-corrected chi connectivity index (χ1v) is 21.6. The van der Waals surface area contributed by atoms with Gasteiger partial charge < -0.3 is 13.3 Å². The molecule has 0 saturated carbocycles. The molecule has 7 nitrogen and oxygen atoms in total. The Balaban J connectivity index is 0.999. The highest BCUT2D eigenvalue weighted by Crippen LogP contribution is 2.46. The SMILES string of the molecule is c1ccc(-c2nc3ccccc3c3c2cc(-c2ccc(-c4nc(-c5cccc6oc7ccccc7c56)nc(-c5cccc6oc7ccccc7c56)n4)cc2)c2oc4ccccc4c23)cc1. The Labute approximate surface area is 369 Å². The van der Waals surface area contributed by atoms with E-state index in [4.69, 9.17) is 33.2 Å². The minimum atomic E-state index is 0.542. The maximum absolute atomic E-state index is 6.83.